The zero-order valence-corrected chi connectivity index (χ0v) is 12.2. The van der Waals surface area contributed by atoms with E-state index in [9.17, 15) is 23.1 Å². The first-order valence-electron chi connectivity index (χ1n) is 6.08. The summed E-state index contributed by atoms with van der Waals surface area (Å²) in [5.41, 5.74) is 0.883. The molecule has 0 saturated heterocycles. The Balaban J connectivity index is 2.55. The lowest BCUT2D eigenvalue weighted by Crippen LogP contribution is -2.23. The standard InChI is InChI=1S/C13H16O7S/c1-9-2-4-12(5-3-9)21(18,19)20-8-11(15)6-10(14)7-13(16)17/h2-5,11,15H,6-8H2,1H3,(H,16,17)/t11-/m0/s1. The van der Waals surface area contributed by atoms with E-state index in [1.165, 1.54) is 12.1 Å². The summed E-state index contributed by atoms with van der Waals surface area (Å²) >= 11 is 0. The molecule has 0 aliphatic rings. The highest BCUT2D eigenvalue weighted by atomic mass is 32.2. The van der Waals surface area contributed by atoms with Crippen LogP contribution in [0.25, 0.3) is 0 Å². The number of benzene rings is 1. The maximum absolute atomic E-state index is 11.8. The van der Waals surface area contributed by atoms with Gasteiger partial charge in [-0.15, -0.1) is 0 Å². The Hall–Kier alpha value is -1.77. The number of carboxylic acid groups (broad SMARTS) is 1. The molecule has 0 saturated carbocycles. The third-order valence-corrected chi connectivity index (χ3v) is 3.83. The predicted octanol–water partition coefficient (Wildman–Crippen LogP) is 0.495. The van der Waals surface area contributed by atoms with Crippen LogP contribution in [0.5, 0.6) is 0 Å². The SMILES string of the molecule is Cc1ccc(S(=O)(=O)OC[C@@H](O)CC(=O)CC(=O)O)cc1. The lowest BCUT2D eigenvalue weighted by Gasteiger charge is -2.10. The Labute approximate surface area is 122 Å². The number of hydrogen-bond donors (Lipinski definition) is 2. The minimum Gasteiger partial charge on any atom is -0.481 e. The molecule has 0 radical (unpaired) electrons. The molecule has 21 heavy (non-hydrogen) atoms. The van der Waals surface area contributed by atoms with E-state index in [0.717, 1.165) is 5.56 Å². The summed E-state index contributed by atoms with van der Waals surface area (Å²) in [7, 11) is -4.02. The predicted molar refractivity (Wildman–Crippen MR) is 72.2 cm³/mol. The van der Waals surface area contributed by atoms with Crippen LogP contribution >= 0.6 is 0 Å². The molecule has 0 unspecified atom stereocenters. The van der Waals surface area contributed by atoms with Crippen molar-refractivity contribution in [2.24, 2.45) is 0 Å². The van der Waals surface area contributed by atoms with Gasteiger partial charge in [-0.25, -0.2) is 0 Å². The van der Waals surface area contributed by atoms with Crippen molar-refractivity contribution in [3.8, 4) is 0 Å². The molecule has 0 spiro atoms. The van der Waals surface area contributed by atoms with Gasteiger partial charge >= 0.3 is 5.97 Å². The Morgan fingerprint density at radius 1 is 1.24 bits per heavy atom. The summed E-state index contributed by atoms with van der Waals surface area (Å²) in [6, 6.07) is 5.94. The van der Waals surface area contributed by atoms with Crippen LogP contribution in [0.2, 0.25) is 0 Å². The van der Waals surface area contributed by atoms with Crippen molar-refractivity contribution in [2.45, 2.75) is 30.8 Å². The second kappa shape index (κ2) is 7.30. The van der Waals surface area contributed by atoms with Crippen molar-refractivity contribution in [1.29, 1.82) is 0 Å². The maximum Gasteiger partial charge on any atom is 0.310 e. The average Bonchev–Trinajstić information content (AvgIpc) is 2.36. The first-order valence-corrected chi connectivity index (χ1v) is 7.49. The van der Waals surface area contributed by atoms with Gasteiger partial charge in [-0.05, 0) is 19.1 Å². The van der Waals surface area contributed by atoms with Gasteiger partial charge in [0.05, 0.1) is 17.6 Å². The van der Waals surface area contributed by atoms with Gasteiger partial charge in [0.25, 0.3) is 10.1 Å². The molecular formula is C13H16O7S. The number of ketones is 1. The molecule has 116 valence electrons. The van der Waals surface area contributed by atoms with Crippen molar-refractivity contribution in [2.75, 3.05) is 6.61 Å². The molecule has 0 bridgehead atoms. The third kappa shape index (κ3) is 6.03. The van der Waals surface area contributed by atoms with E-state index in [2.05, 4.69) is 4.18 Å². The summed E-state index contributed by atoms with van der Waals surface area (Å²) in [6.45, 7) is 1.19. The van der Waals surface area contributed by atoms with Gasteiger partial charge in [0, 0.05) is 6.42 Å². The minimum atomic E-state index is -4.02. The van der Waals surface area contributed by atoms with Crippen molar-refractivity contribution >= 4 is 21.9 Å². The molecule has 1 aromatic rings. The van der Waals surface area contributed by atoms with Gasteiger partial charge in [0.1, 0.15) is 12.2 Å². The van der Waals surface area contributed by atoms with Gasteiger partial charge < -0.3 is 10.2 Å². The highest BCUT2D eigenvalue weighted by Gasteiger charge is 2.19. The zero-order valence-electron chi connectivity index (χ0n) is 11.4. The maximum atomic E-state index is 11.8. The molecule has 7 nitrogen and oxygen atoms in total. The number of carbonyl (C=O) groups is 2. The van der Waals surface area contributed by atoms with E-state index in [1.807, 2.05) is 0 Å². The Morgan fingerprint density at radius 2 is 1.81 bits per heavy atom. The fourth-order valence-corrected chi connectivity index (χ4v) is 2.45. The largest absolute Gasteiger partial charge is 0.481 e. The van der Waals surface area contributed by atoms with Crippen LogP contribution in [-0.4, -0.2) is 43.1 Å². The van der Waals surface area contributed by atoms with Gasteiger partial charge in [0.2, 0.25) is 0 Å². The first-order chi connectivity index (χ1) is 9.70. The van der Waals surface area contributed by atoms with Gasteiger partial charge in [0.15, 0.2) is 0 Å². The van der Waals surface area contributed by atoms with E-state index in [1.54, 1.807) is 19.1 Å². The van der Waals surface area contributed by atoms with Gasteiger partial charge in [-0.2, -0.15) is 8.42 Å². The average molecular weight is 316 g/mol. The van der Waals surface area contributed by atoms with E-state index in [0.29, 0.717) is 0 Å². The van der Waals surface area contributed by atoms with Crippen LogP contribution in [0.1, 0.15) is 18.4 Å². The quantitative estimate of drug-likeness (QED) is 0.529. The summed E-state index contributed by atoms with van der Waals surface area (Å²) in [6.07, 6.45) is -2.57. The fraction of sp³-hybridized carbons (Fsp3) is 0.385. The molecule has 2 N–H and O–H groups in total. The molecule has 0 aromatic heterocycles. The van der Waals surface area contributed by atoms with Gasteiger partial charge in [-0.3, -0.25) is 13.8 Å². The number of aliphatic hydroxyl groups excluding tert-OH is 1. The highest BCUT2D eigenvalue weighted by Crippen LogP contribution is 2.14. The van der Waals surface area contributed by atoms with E-state index >= 15 is 0 Å². The smallest absolute Gasteiger partial charge is 0.310 e. The van der Waals surface area contributed by atoms with Crippen molar-refractivity contribution < 1.29 is 32.4 Å². The van der Waals surface area contributed by atoms with Crippen molar-refractivity contribution in [1.82, 2.24) is 0 Å². The normalized spacial score (nSPS) is 12.9. The second-order valence-corrected chi connectivity index (χ2v) is 6.13. The molecular weight excluding hydrogens is 300 g/mol. The number of aryl methyl sites for hydroxylation is 1. The lowest BCUT2D eigenvalue weighted by atomic mass is 10.1. The first kappa shape index (κ1) is 17.3. The molecule has 0 fully saturated rings. The number of aliphatic hydroxyl groups is 1. The van der Waals surface area contributed by atoms with Crippen LogP contribution in [0, 0.1) is 6.92 Å². The summed E-state index contributed by atoms with van der Waals surface area (Å²) in [5.74, 6) is -2.01. The molecule has 8 heteroatoms. The van der Waals surface area contributed by atoms with Crippen LogP contribution in [-0.2, 0) is 23.9 Å². The summed E-state index contributed by atoms with van der Waals surface area (Å²) in [4.78, 5) is 21.4. The Morgan fingerprint density at radius 3 is 2.33 bits per heavy atom. The Bertz CT molecular complexity index is 604. The number of rotatable bonds is 8. The second-order valence-electron chi connectivity index (χ2n) is 4.52. The van der Waals surface area contributed by atoms with E-state index in [4.69, 9.17) is 5.11 Å². The van der Waals surface area contributed by atoms with Crippen LogP contribution < -0.4 is 0 Å². The monoisotopic (exact) mass is 316 g/mol. The fourth-order valence-electron chi connectivity index (χ4n) is 1.50. The van der Waals surface area contributed by atoms with E-state index in [-0.39, 0.29) is 4.90 Å². The molecule has 0 aliphatic heterocycles. The molecule has 1 atom stereocenters. The molecule has 1 rings (SSSR count). The van der Waals surface area contributed by atoms with Crippen LogP contribution in [0.4, 0.5) is 0 Å². The summed E-state index contributed by atoms with van der Waals surface area (Å²) < 4.78 is 28.2. The molecule has 1 aromatic carbocycles. The van der Waals surface area contributed by atoms with Crippen molar-refractivity contribution in [3.63, 3.8) is 0 Å². The minimum absolute atomic E-state index is 0.0582. The summed E-state index contributed by atoms with van der Waals surface area (Å²) in [5, 5.41) is 17.9. The zero-order chi connectivity index (χ0) is 16.0. The molecule has 0 heterocycles. The number of hydrogen-bond acceptors (Lipinski definition) is 6. The Kier molecular flexibility index (Phi) is 6.01. The highest BCUT2D eigenvalue weighted by molar-refractivity contribution is 7.86. The molecule has 0 amide bonds. The van der Waals surface area contributed by atoms with Gasteiger partial charge in [-0.1, -0.05) is 17.7 Å². The topological polar surface area (TPSA) is 118 Å². The molecule has 0 aliphatic carbocycles. The van der Waals surface area contributed by atoms with Crippen LogP contribution in [0.15, 0.2) is 29.2 Å². The van der Waals surface area contributed by atoms with Crippen LogP contribution in [0.3, 0.4) is 0 Å². The third-order valence-electron chi connectivity index (χ3n) is 2.54. The van der Waals surface area contributed by atoms with E-state index < -0.39 is 47.4 Å². The number of aliphatic carboxylic acids is 1. The number of carbonyl (C=O) groups excluding carboxylic acids is 1. The number of Topliss-reactive ketones (excluding diaryl/α,β-unsaturated/α-hetero) is 1. The number of carboxylic acids is 1. The van der Waals surface area contributed by atoms with Crippen molar-refractivity contribution in [3.05, 3.63) is 29.8 Å². The lowest BCUT2D eigenvalue weighted by molar-refractivity contribution is -0.140.